The van der Waals surface area contributed by atoms with Gasteiger partial charge in [-0.2, -0.15) is 0 Å². The van der Waals surface area contributed by atoms with E-state index in [2.05, 4.69) is 17.1 Å². The van der Waals surface area contributed by atoms with E-state index in [1.807, 2.05) is 12.1 Å². The highest BCUT2D eigenvalue weighted by Crippen LogP contribution is 2.18. The summed E-state index contributed by atoms with van der Waals surface area (Å²) in [6.45, 7) is 4.65. The van der Waals surface area contributed by atoms with Crippen molar-refractivity contribution in [3.05, 3.63) is 24.3 Å². The van der Waals surface area contributed by atoms with Crippen molar-refractivity contribution in [1.82, 2.24) is 4.90 Å². The van der Waals surface area contributed by atoms with E-state index in [0.29, 0.717) is 30.3 Å². The molecule has 1 aromatic carbocycles. The number of β-amino-alcohol motifs (C(OH)–C–C–N with tert-alkyl or cyclic N) is 1. The van der Waals surface area contributed by atoms with Crippen LogP contribution in [0.5, 0.6) is 0 Å². The van der Waals surface area contributed by atoms with Crippen LogP contribution in [0.3, 0.4) is 0 Å². The molecule has 4 N–H and O–H groups in total. The summed E-state index contributed by atoms with van der Waals surface area (Å²) in [5.41, 5.74) is 7.05. The van der Waals surface area contributed by atoms with E-state index < -0.39 is 0 Å². The molecule has 0 bridgehead atoms. The first kappa shape index (κ1) is 15.8. The van der Waals surface area contributed by atoms with Crippen LogP contribution in [0.25, 0.3) is 0 Å². The predicted octanol–water partition coefficient (Wildman–Crippen LogP) is 1.69. The van der Waals surface area contributed by atoms with Gasteiger partial charge in [-0.25, -0.2) is 0 Å². The molecule has 1 heterocycles. The molecule has 2 unspecified atom stereocenters. The monoisotopic (exact) mass is 291 g/mol. The van der Waals surface area contributed by atoms with E-state index in [1.165, 1.54) is 0 Å². The number of nitrogens with one attached hydrogen (secondary N) is 1. The molecule has 0 aliphatic carbocycles. The largest absolute Gasteiger partial charge is 0.397 e. The number of rotatable bonds is 5. The van der Waals surface area contributed by atoms with Crippen molar-refractivity contribution >= 4 is 17.3 Å². The zero-order valence-corrected chi connectivity index (χ0v) is 12.6. The van der Waals surface area contributed by atoms with E-state index in [1.54, 1.807) is 12.1 Å². The second kappa shape index (κ2) is 7.43. The number of aliphatic hydroxyl groups excluding tert-OH is 1. The number of aliphatic hydroxyl groups is 1. The lowest BCUT2D eigenvalue weighted by Gasteiger charge is -2.34. The molecule has 1 aliphatic rings. The van der Waals surface area contributed by atoms with Crippen molar-refractivity contribution in [3.8, 4) is 0 Å². The maximum Gasteiger partial charge on any atom is 0.224 e. The maximum absolute atomic E-state index is 11.9. The van der Waals surface area contributed by atoms with Gasteiger partial charge in [-0.05, 0) is 44.0 Å². The van der Waals surface area contributed by atoms with Gasteiger partial charge in [-0.1, -0.05) is 19.1 Å². The second-order valence-corrected chi connectivity index (χ2v) is 5.87. The lowest BCUT2D eigenvalue weighted by atomic mass is 9.96. The highest BCUT2D eigenvalue weighted by molar-refractivity contribution is 5.93. The minimum atomic E-state index is -0.239. The van der Waals surface area contributed by atoms with Gasteiger partial charge in [0.25, 0.3) is 0 Å². The van der Waals surface area contributed by atoms with Gasteiger partial charge in [0.05, 0.1) is 17.5 Å². The average molecular weight is 291 g/mol. The molecule has 0 aromatic heterocycles. The van der Waals surface area contributed by atoms with Crippen LogP contribution >= 0.6 is 0 Å². The summed E-state index contributed by atoms with van der Waals surface area (Å²) in [6, 6.07) is 7.26. The maximum atomic E-state index is 11.9. The fraction of sp³-hybridized carbons (Fsp3) is 0.562. The molecule has 1 fully saturated rings. The van der Waals surface area contributed by atoms with Gasteiger partial charge in [0, 0.05) is 13.0 Å². The van der Waals surface area contributed by atoms with Crippen LogP contribution in [0.2, 0.25) is 0 Å². The van der Waals surface area contributed by atoms with Crippen molar-refractivity contribution in [3.63, 3.8) is 0 Å². The standard InChI is InChI=1S/C16H25N3O2/c1-12-8-10-19(11-15(12)20)9-4-7-16(21)18-14-6-3-2-5-13(14)17/h2-3,5-6,12,15,20H,4,7-11,17H2,1H3,(H,18,21). The molecule has 1 saturated heterocycles. The number of nitrogens with zero attached hydrogens (tertiary/aromatic N) is 1. The summed E-state index contributed by atoms with van der Waals surface area (Å²) >= 11 is 0. The Morgan fingerprint density at radius 1 is 1.48 bits per heavy atom. The Hall–Kier alpha value is -1.59. The molecule has 1 amide bonds. The number of nitrogen functional groups attached to an aromatic ring is 1. The molecule has 116 valence electrons. The van der Waals surface area contributed by atoms with E-state index in [0.717, 1.165) is 25.9 Å². The van der Waals surface area contributed by atoms with Gasteiger partial charge in [-0.3, -0.25) is 4.79 Å². The minimum absolute atomic E-state index is 0.0150. The van der Waals surface area contributed by atoms with Gasteiger partial charge >= 0.3 is 0 Å². The highest BCUT2D eigenvalue weighted by atomic mass is 16.3. The molecule has 1 aromatic rings. The van der Waals surface area contributed by atoms with E-state index in [9.17, 15) is 9.90 Å². The van der Waals surface area contributed by atoms with E-state index in [4.69, 9.17) is 5.73 Å². The van der Waals surface area contributed by atoms with Crippen LogP contribution in [0.15, 0.2) is 24.3 Å². The van der Waals surface area contributed by atoms with Crippen molar-refractivity contribution in [1.29, 1.82) is 0 Å². The molecule has 5 nitrogen and oxygen atoms in total. The molecule has 2 rings (SSSR count). The van der Waals surface area contributed by atoms with Gasteiger partial charge in [0.1, 0.15) is 0 Å². The zero-order chi connectivity index (χ0) is 15.2. The van der Waals surface area contributed by atoms with Crippen LogP contribution in [0, 0.1) is 5.92 Å². The van der Waals surface area contributed by atoms with Crippen LogP contribution < -0.4 is 11.1 Å². The van der Waals surface area contributed by atoms with Gasteiger partial charge < -0.3 is 21.1 Å². The first-order valence-corrected chi connectivity index (χ1v) is 7.61. The Morgan fingerprint density at radius 3 is 2.95 bits per heavy atom. The summed E-state index contributed by atoms with van der Waals surface area (Å²) in [5, 5.41) is 12.7. The molecular weight excluding hydrogens is 266 g/mol. The summed E-state index contributed by atoms with van der Waals surface area (Å²) in [4.78, 5) is 14.1. The first-order chi connectivity index (χ1) is 10.1. The zero-order valence-electron chi connectivity index (χ0n) is 12.6. The predicted molar refractivity (Wildman–Crippen MR) is 84.9 cm³/mol. The number of benzene rings is 1. The van der Waals surface area contributed by atoms with Crippen LogP contribution in [-0.2, 0) is 4.79 Å². The smallest absolute Gasteiger partial charge is 0.224 e. The van der Waals surface area contributed by atoms with Gasteiger partial charge in [0.2, 0.25) is 5.91 Å². The number of para-hydroxylation sites is 2. The van der Waals surface area contributed by atoms with Crippen molar-refractivity contribution < 1.29 is 9.90 Å². The number of hydrogen-bond acceptors (Lipinski definition) is 4. The van der Waals surface area contributed by atoms with Gasteiger partial charge in [-0.15, -0.1) is 0 Å². The molecular formula is C16H25N3O2. The van der Waals surface area contributed by atoms with Crippen molar-refractivity contribution in [2.24, 2.45) is 5.92 Å². The Bertz CT molecular complexity index is 478. The van der Waals surface area contributed by atoms with Gasteiger partial charge in [0.15, 0.2) is 0 Å². The Labute approximate surface area is 126 Å². The van der Waals surface area contributed by atoms with E-state index in [-0.39, 0.29) is 12.0 Å². The average Bonchev–Trinajstić information content (AvgIpc) is 2.45. The number of nitrogens with two attached hydrogens (primary N) is 1. The molecule has 1 aliphatic heterocycles. The Morgan fingerprint density at radius 2 is 2.24 bits per heavy atom. The normalized spacial score (nSPS) is 23.0. The molecule has 2 atom stereocenters. The summed E-state index contributed by atoms with van der Waals surface area (Å²) in [5.74, 6) is 0.365. The Kier molecular flexibility index (Phi) is 5.59. The quantitative estimate of drug-likeness (QED) is 0.721. The summed E-state index contributed by atoms with van der Waals surface area (Å²) in [6.07, 6.45) is 2.04. The summed E-state index contributed by atoms with van der Waals surface area (Å²) in [7, 11) is 0. The molecule has 0 saturated carbocycles. The number of carbonyl (C=O) groups excluding carboxylic acids is 1. The number of hydrogen-bond donors (Lipinski definition) is 3. The SMILES string of the molecule is CC1CCN(CCCC(=O)Nc2ccccc2N)CC1O. The fourth-order valence-electron chi connectivity index (χ4n) is 2.60. The fourth-order valence-corrected chi connectivity index (χ4v) is 2.60. The number of amides is 1. The number of carbonyl (C=O) groups is 1. The third-order valence-electron chi connectivity index (χ3n) is 4.12. The highest BCUT2D eigenvalue weighted by Gasteiger charge is 2.23. The lowest BCUT2D eigenvalue weighted by molar-refractivity contribution is -0.116. The number of anilines is 2. The molecule has 5 heteroatoms. The number of likely N-dealkylation sites (tertiary alicyclic amines) is 1. The minimum Gasteiger partial charge on any atom is -0.397 e. The third kappa shape index (κ3) is 4.72. The lowest BCUT2D eigenvalue weighted by Crippen LogP contribution is -2.43. The van der Waals surface area contributed by atoms with Crippen LogP contribution in [0.4, 0.5) is 11.4 Å². The first-order valence-electron chi connectivity index (χ1n) is 7.61. The Balaban J connectivity index is 1.69. The van der Waals surface area contributed by atoms with Crippen LogP contribution in [0.1, 0.15) is 26.2 Å². The van der Waals surface area contributed by atoms with Crippen LogP contribution in [-0.4, -0.2) is 41.7 Å². The molecule has 21 heavy (non-hydrogen) atoms. The van der Waals surface area contributed by atoms with E-state index >= 15 is 0 Å². The molecule has 0 radical (unpaired) electrons. The van der Waals surface area contributed by atoms with Crippen molar-refractivity contribution in [2.75, 3.05) is 30.7 Å². The topological polar surface area (TPSA) is 78.6 Å². The second-order valence-electron chi connectivity index (χ2n) is 5.87. The molecule has 0 spiro atoms. The third-order valence-corrected chi connectivity index (χ3v) is 4.12. The summed E-state index contributed by atoms with van der Waals surface area (Å²) < 4.78 is 0. The van der Waals surface area contributed by atoms with Crippen molar-refractivity contribution in [2.45, 2.75) is 32.3 Å². The number of piperidine rings is 1.